The molecule has 8 nitrogen and oxygen atoms in total. The van der Waals surface area contributed by atoms with Crippen LogP contribution in [0.3, 0.4) is 0 Å². The van der Waals surface area contributed by atoms with Gasteiger partial charge in [-0.2, -0.15) is 0 Å². The molecule has 1 saturated heterocycles. The van der Waals surface area contributed by atoms with Gasteiger partial charge < -0.3 is 10.2 Å². The smallest absolute Gasteiger partial charge is 0.278 e. The fraction of sp³-hybridized carbons (Fsp3) is 0.348. The van der Waals surface area contributed by atoms with Crippen molar-refractivity contribution in [1.29, 1.82) is 0 Å². The summed E-state index contributed by atoms with van der Waals surface area (Å²) in [5.41, 5.74) is 2.75. The molecule has 0 bridgehead atoms. The second kappa shape index (κ2) is 9.46. The van der Waals surface area contributed by atoms with Crippen molar-refractivity contribution in [1.82, 2.24) is 20.6 Å². The van der Waals surface area contributed by atoms with Gasteiger partial charge in [-0.1, -0.05) is 36.4 Å². The van der Waals surface area contributed by atoms with Gasteiger partial charge in [0.2, 0.25) is 0 Å². The molecule has 1 aliphatic rings. The first-order valence-electron chi connectivity index (χ1n) is 10.2. The third-order valence-corrected chi connectivity index (χ3v) is 5.93. The molecule has 0 spiro atoms. The van der Waals surface area contributed by atoms with Crippen LogP contribution in [0.2, 0.25) is 0 Å². The van der Waals surface area contributed by atoms with Gasteiger partial charge in [-0.05, 0) is 35.7 Å². The Balaban J connectivity index is 1.73. The van der Waals surface area contributed by atoms with Gasteiger partial charge in [0.25, 0.3) is 17.7 Å². The summed E-state index contributed by atoms with van der Waals surface area (Å²) in [4.78, 5) is 40.4. The van der Waals surface area contributed by atoms with Gasteiger partial charge in [0.15, 0.2) is 5.54 Å². The number of hydroxylamine groups is 1. The zero-order valence-corrected chi connectivity index (χ0v) is 18.3. The number of nitrogens with zero attached hydrogens (tertiary/aromatic N) is 2. The number of amides is 3. The molecule has 2 aromatic carbocycles. The van der Waals surface area contributed by atoms with Crippen molar-refractivity contribution in [3.63, 3.8) is 0 Å². The number of nitrogens with one attached hydrogen (secondary N) is 2. The molecule has 170 valence electrons. The van der Waals surface area contributed by atoms with Crippen molar-refractivity contribution >= 4 is 17.7 Å². The van der Waals surface area contributed by atoms with Gasteiger partial charge in [0, 0.05) is 39.3 Å². The molecule has 0 aromatic heterocycles. The largest absolute Gasteiger partial charge is 0.357 e. The molecule has 1 heterocycles. The van der Waals surface area contributed by atoms with Crippen LogP contribution in [-0.2, 0) is 16.1 Å². The molecule has 1 aliphatic heterocycles. The summed E-state index contributed by atoms with van der Waals surface area (Å²) in [5, 5.41) is 11.4. The SMILES string of the molecule is CNC(=O)[C@@](C)(C(=O)NO)N(C)C(=O)c1ccc(-c2ccc(CN3CC(F)C3)cc2)cc1. The van der Waals surface area contributed by atoms with Crippen molar-refractivity contribution in [3.8, 4) is 11.1 Å². The summed E-state index contributed by atoms with van der Waals surface area (Å²) in [5.74, 6) is -2.32. The number of halogens is 1. The Labute approximate surface area is 186 Å². The lowest BCUT2D eigenvalue weighted by molar-refractivity contribution is -0.148. The first kappa shape index (κ1) is 23.4. The third kappa shape index (κ3) is 4.49. The van der Waals surface area contributed by atoms with Crippen LogP contribution in [0.5, 0.6) is 0 Å². The summed E-state index contributed by atoms with van der Waals surface area (Å²) in [6, 6.07) is 14.7. The predicted octanol–water partition coefficient (Wildman–Crippen LogP) is 1.59. The molecule has 2 aromatic rings. The Morgan fingerprint density at radius 2 is 1.59 bits per heavy atom. The highest BCUT2D eigenvalue weighted by Crippen LogP contribution is 2.24. The highest BCUT2D eigenvalue weighted by atomic mass is 19.1. The van der Waals surface area contributed by atoms with Gasteiger partial charge in [0.05, 0.1) is 0 Å². The standard InChI is InChI=1S/C23H27FN4O4/c1-23(21(30)25-2,22(31)26-32)27(3)20(29)18-10-8-17(9-11-18)16-6-4-15(5-7-16)12-28-13-19(24)14-28/h4-11,19,32H,12-14H2,1-3H3,(H,25,30)(H,26,31)/t23-/m0/s1. The Kier molecular flexibility index (Phi) is 6.90. The van der Waals surface area contributed by atoms with E-state index in [1.54, 1.807) is 24.3 Å². The molecule has 9 heteroatoms. The predicted molar refractivity (Wildman–Crippen MR) is 117 cm³/mol. The summed E-state index contributed by atoms with van der Waals surface area (Å²) in [6.45, 7) is 2.92. The zero-order valence-electron chi connectivity index (χ0n) is 18.3. The van der Waals surface area contributed by atoms with E-state index in [4.69, 9.17) is 5.21 Å². The number of benzene rings is 2. The molecular weight excluding hydrogens is 415 g/mol. The van der Waals surface area contributed by atoms with Crippen LogP contribution in [0, 0.1) is 0 Å². The van der Waals surface area contributed by atoms with Crippen LogP contribution < -0.4 is 10.8 Å². The average molecular weight is 442 g/mol. The van der Waals surface area contributed by atoms with Gasteiger partial charge in [-0.3, -0.25) is 24.5 Å². The maximum absolute atomic E-state index is 13.0. The van der Waals surface area contributed by atoms with Crippen molar-refractivity contribution in [2.45, 2.75) is 25.2 Å². The van der Waals surface area contributed by atoms with E-state index < -0.39 is 29.4 Å². The van der Waals surface area contributed by atoms with E-state index in [1.165, 1.54) is 26.5 Å². The molecule has 1 fully saturated rings. The van der Waals surface area contributed by atoms with Crippen molar-refractivity contribution in [3.05, 3.63) is 59.7 Å². The molecule has 32 heavy (non-hydrogen) atoms. The molecule has 0 saturated carbocycles. The first-order valence-corrected chi connectivity index (χ1v) is 10.2. The number of likely N-dealkylation sites (N-methyl/N-ethyl adjacent to an activating group) is 2. The molecule has 3 rings (SSSR count). The van der Waals surface area contributed by atoms with Crippen molar-refractivity contribution < 1.29 is 24.0 Å². The van der Waals surface area contributed by atoms with Crippen LogP contribution in [0.15, 0.2) is 48.5 Å². The Morgan fingerprint density at radius 3 is 2.06 bits per heavy atom. The lowest BCUT2D eigenvalue weighted by Gasteiger charge is -2.34. The van der Waals surface area contributed by atoms with E-state index in [-0.39, 0.29) is 5.56 Å². The fourth-order valence-corrected chi connectivity index (χ4v) is 3.66. The maximum atomic E-state index is 13.0. The number of hydrogen-bond donors (Lipinski definition) is 3. The Morgan fingerprint density at radius 1 is 1.06 bits per heavy atom. The normalized spacial score (nSPS) is 15.9. The van der Waals surface area contributed by atoms with Crippen LogP contribution in [0.4, 0.5) is 4.39 Å². The molecule has 1 atom stereocenters. The lowest BCUT2D eigenvalue weighted by Crippen LogP contribution is -2.64. The molecule has 0 aliphatic carbocycles. The highest BCUT2D eigenvalue weighted by molar-refractivity contribution is 6.12. The number of carbonyl (C=O) groups is 3. The second-order valence-electron chi connectivity index (χ2n) is 8.02. The molecular formula is C23H27FN4O4. The fourth-order valence-electron chi connectivity index (χ4n) is 3.66. The van der Waals surface area contributed by atoms with Gasteiger partial charge in [0.1, 0.15) is 6.17 Å². The average Bonchev–Trinajstić information content (AvgIpc) is 2.81. The molecule has 0 radical (unpaired) electrons. The van der Waals surface area contributed by atoms with Crippen LogP contribution >= 0.6 is 0 Å². The quantitative estimate of drug-likeness (QED) is 0.343. The van der Waals surface area contributed by atoms with Crippen molar-refractivity contribution in [2.75, 3.05) is 27.2 Å². The topological polar surface area (TPSA) is 102 Å². The molecule has 3 amide bonds. The summed E-state index contributed by atoms with van der Waals surface area (Å²) < 4.78 is 13.0. The summed E-state index contributed by atoms with van der Waals surface area (Å²) in [6.07, 6.45) is -0.721. The van der Waals surface area contributed by atoms with Crippen molar-refractivity contribution in [2.24, 2.45) is 0 Å². The summed E-state index contributed by atoms with van der Waals surface area (Å²) >= 11 is 0. The molecule has 0 unspecified atom stereocenters. The van der Waals surface area contributed by atoms with E-state index in [0.717, 1.165) is 21.6 Å². The minimum Gasteiger partial charge on any atom is -0.357 e. The van der Waals surface area contributed by atoms with E-state index in [0.29, 0.717) is 19.6 Å². The second-order valence-corrected chi connectivity index (χ2v) is 8.02. The maximum Gasteiger partial charge on any atom is 0.278 e. The van der Waals surface area contributed by atoms with E-state index >= 15 is 0 Å². The van der Waals surface area contributed by atoms with E-state index in [9.17, 15) is 18.8 Å². The minimum atomic E-state index is -1.94. The third-order valence-electron chi connectivity index (χ3n) is 5.93. The summed E-state index contributed by atoms with van der Waals surface area (Å²) in [7, 11) is 2.66. The minimum absolute atomic E-state index is 0.285. The van der Waals surface area contributed by atoms with Gasteiger partial charge in [-0.25, -0.2) is 9.87 Å². The Hall–Kier alpha value is -3.30. The zero-order chi connectivity index (χ0) is 23.5. The highest BCUT2D eigenvalue weighted by Gasteiger charge is 2.47. The Bertz CT molecular complexity index is 972. The van der Waals surface area contributed by atoms with Gasteiger partial charge in [-0.15, -0.1) is 0 Å². The van der Waals surface area contributed by atoms with E-state index in [1.807, 2.05) is 29.2 Å². The van der Waals surface area contributed by atoms with Crippen LogP contribution in [-0.4, -0.2) is 71.6 Å². The monoisotopic (exact) mass is 442 g/mol. The van der Waals surface area contributed by atoms with E-state index in [2.05, 4.69) is 5.32 Å². The first-order chi connectivity index (χ1) is 15.2. The lowest BCUT2D eigenvalue weighted by atomic mass is 9.96. The van der Waals surface area contributed by atoms with Crippen LogP contribution in [0.1, 0.15) is 22.8 Å². The van der Waals surface area contributed by atoms with Crippen LogP contribution in [0.25, 0.3) is 11.1 Å². The van der Waals surface area contributed by atoms with Gasteiger partial charge >= 0.3 is 0 Å². The number of rotatable bonds is 7. The number of alkyl halides is 1. The molecule has 3 N–H and O–H groups in total. The number of hydrogen-bond acceptors (Lipinski definition) is 5. The number of carbonyl (C=O) groups excluding carboxylic acids is 3. The number of likely N-dealkylation sites (tertiary alicyclic amines) is 1.